The van der Waals surface area contributed by atoms with Gasteiger partial charge in [0.25, 0.3) is 16.1 Å². The van der Waals surface area contributed by atoms with Crippen LogP contribution in [0.3, 0.4) is 0 Å². The molecule has 0 bridgehead atoms. The van der Waals surface area contributed by atoms with Crippen molar-refractivity contribution < 1.29 is 18.0 Å². The summed E-state index contributed by atoms with van der Waals surface area (Å²) < 4.78 is 28.9. The standard InChI is InChI=1S/C19H30N4O4S/c1-14-17(16(3)24)15(2)20-18(14)19(25)21-10-12-23(13-11-21)28(26,27)22-8-6-4-5-7-9-22/h20H,4-13H2,1-3H3. The van der Waals surface area contributed by atoms with Gasteiger partial charge in [-0.05, 0) is 39.2 Å². The molecule has 1 N–H and O–H groups in total. The molecule has 2 fully saturated rings. The molecular weight excluding hydrogens is 380 g/mol. The Balaban J connectivity index is 1.67. The van der Waals surface area contributed by atoms with Crippen molar-refractivity contribution in [2.75, 3.05) is 39.3 Å². The van der Waals surface area contributed by atoms with Crippen molar-refractivity contribution in [2.45, 2.75) is 46.5 Å². The number of carbonyl (C=O) groups is 2. The second kappa shape index (κ2) is 8.34. The van der Waals surface area contributed by atoms with E-state index in [1.54, 1.807) is 23.1 Å². The molecule has 0 radical (unpaired) electrons. The molecular formula is C19H30N4O4S. The van der Waals surface area contributed by atoms with Crippen LogP contribution in [0.2, 0.25) is 0 Å². The van der Waals surface area contributed by atoms with E-state index in [2.05, 4.69) is 4.98 Å². The predicted molar refractivity (Wildman–Crippen MR) is 107 cm³/mol. The van der Waals surface area contributed by atoms with Crippen LogP contribution < -0.4 is 0 Å². The van der Waals surface area contributed by atoms with Gasteiger partial charge in [0.05, 0.1) is 0 Å². The highest BCUT2D eigenvalue weighted by Gasteiger charge is 2.34. The number of ketones is 1. The molecule has 3 heterocycles. The molecule has 0 aromatic carbocycles. The van der Waals surface area contributed by atoms with Crippen molar-refractivity contribution in [3.05, 3.63) is 22.5 Å². The Labute approximate surface area is 167 Å². The molecule has 28 heavy (non-hydrogen) atoms. The first kappa shape index (κ1) is 21.0. The number of rotatable bonds is 4. The number of Topliss-reactive ketones (excluding diaryl/α,β-unsaturated/α-hetero) is 1. The quantitative estimate of drug-likeness (QED) is 0.765. The number of carbonyl (C=O) groups excluding carboxylic acids is 2. The van der Waals surface area contributed by atoms with Crippen LogP contribution in [-0.4, -0.2) is 77.9 Å². The number of hydrogen-bond donors (Lipinski definition) is 1. The number of nitrogens with zero attached hydrogens (tertiary/aromatic N) is 3. The number of piperazine rings is 1. The first-order valence-electron chi connectivity index (χ1n) is 9.98. The van der Waals surface area contributed by atoms with Gasteiger partial charge in [-0.2, -0.15) is 17.0 Å². The average molecular weight is 411 g/mol. The smallest absolute Gasteiger partial charge is 0.282 e. The second-order valence-electron chi connectivity index (χ2n) is 7.69. The summed E-state index contributed by atoms with van der Waals surface area (Å²) in [6, 6.07) is 0. The third-order valence-corrected chi connectivity index (χ3v) is 7.78. The minimum absolute atomic E-state index is 0.0707. The van der Waals surface area contributed by atoms with Crippen molar-refractivity contribution in [1.82, 2.24) is 18.5 Å². The highest BCUT2D eigenvalue weighted by molar-refractivity contribution is 7.86. The molecule has 156 valence electrons. The van der Waals surface area contributed by atoms with Crippen molar-refractivity contribution >= 4 is 21.9 Å². The number of amides is 1. The maximum atomic E-state index is 12.9. The number of aryl methyl sites for hydroxylation is 1. The zero-order chi connectivity index (χ0) is 20.5. The van der Waals surface area contributed by atoms with E-state index in [9.17, 15) is 18.0 Å². The lowest BCUT2D eigenvalue weighted by Crippen LogP contribution is -2.54. The van der Waals surface area contributed by atoms with Gasteiger partial charge in [-0.25, -0.2) is 0 Å². The zero-order valence-electron chi connectivity index (χ0n) is 17.0. The lowest BCUT2D eigenvalue weighted by atomic mass is 10.1. The molecule has 9 heteroatoms. The van der Waals surface area contributed by atoms with Gasteiger partial charge in [-0.1, -0.05) is 12.8 Å². The van der Waals surface area contributed by atoms with E-state index in [0.717, 1.165) is 25.7 Å². The summed E-state index contributed by atoms with van der Waals surface area (Å²) in [5.74, 6) is -0.251. The minimum Gasteiger partial charge on any atom is -0.354 e. The van der Waals surface area contributed by atoms with Gasteiger partial charge in [0.15, 0.2) is 5.78 Å². The first-order valence-corrected chi connectivity index (χ1v) is 11.4. The molecule has 8 nitrogen and oxygen atoms in total. The number of hydrogen-bond acceptors (Lipinski definition) is 4. The third kappa shape index (κ3) is 4.01. The van der Waals surface area contributed by atoms with Gasteiger partial charge in [0.2, 0.25) is 0 Å². The first-order chi connectivity index (χ1) is 13.2. The van der Waals surface area contributed by atoms with E-state index < -0.39 is 10.2 Å². The van der Waals surface area contributed by atoms with Crippen LogP contribution in [0.1, 0.15) is 64.7 Å². The molecule has 0 aliphatic carbocycles. The normalized spacial score (nSPS) is 20.2. The fourth-order valence-corrected chi connectivity index (χ4v) is 5.88. The van der Waals surface area contributed by atoms with Crippen LogP contribution in [0.5, 0.6) is 0 Å². The monoisotopic (exact) mass is 410 g/mol. The van der Waals surface area contributed by atoms with Crippen LogP contribution >= 0.6 is 0 Å². The SMILES string of the molecule is CC(=O)c1c(C)[nH]c(C(=O)N2CCN(S(=O)(=O)N3CCCCCC3)CC2)c1C. The Morgan fingerprint density at radius 3 is 1.89 bits per heavy atom. The zero-order valence-corrected chi connectivity index (χ0v) is 17.8. The molecule has 1 aromatic heterocycles. The molecule has 3 rings (SSSR count). The van der Waals surface area contributed by atoms with Gasteiger partial charge in [-0.3, -0.25) is 9.59 Å². The molecule has 0 saturated carbocycles. The third-order valence-electron chi connectivity index (χ3n) is 5.75. The largest absolute Gasteiger partial charge is 0.354 e. The summed E-state index contributed by atoms with van der Waals surface area (Å²) in [6.45, 7) is 7.49. The Bertz CT molecular complexity index is 846. The van der Waals surface area contributed by atoms with Crippen LogP contribution in [0.25, 0.3) is 0 Å². The van der Waals surface area contributed by atoms with Gasteiger partial charge >= 0.3 is 0 Å². The summed E-state index contributed by atoms with van der Waals surface area (Å²) in [5.41, 5.74) is 2.34. The van der Waals surface area contributed by atoms with Crippen molar-refractivity contribution in [2.24, 2.45) is 0 Å². The van der Waals surface area contributed by atoms with E-state index in [4.69, 9.17) is 0 Å². The summed E-state index contributed by atoms with van der Waals surface area (Å²) in [4.78, 5) is 29.4. The highest BCUT2D eigenvalue weighted by Crippen LogP contribution is 2.22. The van der Waals surface area contributed by atoms with Crippen LogP contribution in [0.4, 0.5) is 0 Å². The average Bonchev–Trinajstić information content (AvgIpc) is 2.83. The van der Waals surface area contributed by atoms with Gasteiger partial charge in [0, 0.05) is 50.5 Å². The minimum atomic E-state index is -3.47. The number of aromatic nitrogens is 1. The number of aromatic amines is 1. The lowest BCUT2D eigenvalue weighted by molar-refractivity contribution is 0.0688. The van der Waals surface area contributed by atoms with E-state index in [0.29, 0.717) is 61.8 Å². The Hall–Kier alpha value is -1.71. The van der Waals surface area contributed by atoms with Crippen molar-refractivity contribution in [3.63, 3.8) is 0 Å². The van der Waals surface area contributed by atoms with Gasteiger partial charge in [-0.15, -0.1) is 0 Å². The van der Waals surface area contributed by atoms with E-state index in [1.807, 2.05) is 0 Å². The molecule has 0 atom stereocenters. The molecule has 0 unspecified atom stereocenters. The van der Waals surface area contributed by atoms with Crippen LogP contribution in [0.15, 0.2) is 0 Å². The summed E-state index contributed by atoms with van der Waals surface area (Å²) in [7, 11) is -3.47. The Morgan fingerprint density at radius 2 is 1.39 bits per heavy atom. The van der Waals surface area contributed by atoms with Crippen LogP contribution in [0, 0.1) is 13.8 Å². The van der Waals surface area contributed by atoms with Crippen LogP contribution in [-0.2, 0) is 10.2 Å². The second-order valence-corrected chi connectivity index (χ2v) is 9.62. The summed E-state index contributed by atoms with van der Waals surface area (Å²) >= 11 is 0. The molecule has 1 aromatic rings. The highest BCUT2D eigenvalue weighted by atomic mass is 32.2. The fourth-order valence-electron chi connectivity index (χ4n) is 4.21. The molecule has 0 spiro atoms. The van der Waals surface area contributed by atoms with E-state index in [1.165, 1.54) is 11.2 Å². The lowest BCUT2D eigenvalue weighted by Gasteiger charge is -2.36. The fraction of sp³-hybridized carbons (Fsp3) is 0.684. The summed E-state index contributed by atoms with van der Waals surface area (Å²) in [6.07, 6.45) is 3.96. The Morgan fingerprint density at radius 1 is 0.857 bits per heavy atom. The van der Waals surface area contributed by atoms with Gasteiger partial charge < -0.3 is 9.88 Å². The summed E-state index contributed by atoms with van der Waals surface area (Å²) in [5, 5.41) is 0. The molecule has 2 saturated heterocycles. The van der Waals surface area contributed by atoms with E-state index >= 15 is 0 Å². The van der Waals surface area contributed by atoms with Gasteiger partial charge in [0.1, 0.15) is 5.69 Å². The molecule has 2 aliphatic heterocycles. The van der Waals surface area contributed by atoms with E-state index in [-0.39, 0.29) is 11.7 Å². The number of H-pyrrole nitrogens is 1. The molecule has 2 aliphatic rings. The number of nitrogens with one attached hydrogen (secondary N) is 1. The van der Waals surface area contributed by atoms with Crippen molar-refractivity contribution in [3.8, 4) is 0 Å². The maximum absolute atomic E-state index is 12.9. The topological polar surface area (TPSA) is 93.8 Å². The van der Waals surface area contributed by atoms with Crippen molar-refractivity contribution in [1.29, 1.82) is 0 Å². The molecule has 1 amide bonds. The predicted octanol–water partition coefficient (Wildman–Crippen LogP) is 1.71. The Kier molecular flexibility index (Phi) is 6.26. The maximum Gasteiger partial charge on any atom is 0.282 e.